The van der Waals surface area contributed by atoms with Crippen LogP contribution < -0.4 is 11.1 Å². The molecular weight excluding hydrogens is 310 g/mol. The van der Waals surface area contributed by atoms with E-state index in [2.05, 4.69) is 5.32 Å². The molecule has 0 saturated carbocycles. The minimum Gasteiger partial charge on any atom is -0.351 e. The summed E-state index contributed by atoms with van der Waals surface area (Å²) in [7, 11) is -3.54. The van der Waals surface area contributed by atoms with E-state index in [-0.39, 0.29) is 15.7 Å². The van der Waals surface area contributed by atoms with Crippen LogP contribution in [0.2, 0.25) is 0 Å². The topological polar surface area (TPSA) is 92.5 Å². The monoisotopic (exact) mass is 331 g/mol. The normalized spacial score (nSPS) is 16.2. The number of amides is 1. The fraction of sp³-hybridized carbons (Fsp3) is 0.615. The third-order valence-electron chi connectivity index (χ3n) is 3.43. The molecule has 3 N–H and O–H groups in total. The molecular formula is C13H21N3O3S2. The highest BCUT2D eigenvalue weighted by Crippen LogP contribution is 2.27. The summed E-state index contributed by atoms with van der Waals surface area (Å²) >= 11 is 1.16. The van der Waals surface area contributed by atoms with Crippen molar-refractivity contribution in [3.63, 3.8) is 0 Å². The lowest BCUT2D eigenvalue weighted by molar-refractivity contribution is 0.0954. The van der Waals surface area contributed by atoms with Crippen molar-refractivity contribution in [2.75, 3.05) is 26.2 Å². The summed E-state index contributed by atoms with van der Waals surface area (Å²) in [6.07, 6.45) is 3.39. The van der Waals surface area contributed by atoms with Crippen molar-refractivity contribution < 1.29 is 13.2 Å². The van der Waals surface area contributed by atoms with Crippen LogP contribution in [0.3, 0.4) is 0 Å². The number of nitrogens with zero attached hydrogens (tertiary/aromatic N) is 1. The highest BCUT2D eigenvalue weighted by atomic mass is 32.2. The maximum Gasteiger partial charge on any atom is 0.262 e. The minimum atomic E-state index is -3.54. The molecule has 0 spiro atoms. The van der Waals surface area contributed by atoms with Gasteiger partial charge in [0.25, 0.3) is 5.91 Å². The molecule has 118 valence electrons. The molecule has 2 rings (SSSR count). The second-order valence-corrected chi connectivity index (χ2v) is 7.80. The zero-order valence-electron chi connectivity index (χ0n) is 11.9. The fourth-order valence-electron chi connectivity index (χ4n) is 2.29. The third kappa shape index (κ3) is 3.82. The summed E-state index contributed by atoms with van der Waals surface area (Å²) in [6.45, 7) is 2.17. The van der Waals surface area contributed by atoms with E-state index in [0.717, 1.165) is 37.0 Å². The summed E-state index contributed by atoms with van der Waals surface area (Å²) in [5.41, 5.74) is 5.40. The van der Waals surface area contributed by atoms with Crippen molar-refractivity contribution in [3.8, 4) is 0 Å². The third-order valence-corrected chi connectivity index (χ3v) is 6.42. The molecule has 1 aromatic heterocycles. The van der Waals surface area contributed by atoms with E-state index in [9.17, 15) is 13.2 Å². The zero-order chi connectivity index (χ0) is 15.3. The Morgan fingerprint density at radius 3 is 2.71 bits per heavy atom. The van der Waals surface area contributed by atoms with E-state index in [1.807, 2.05) is 0 Å². The Balaban J connectivity index is 2.09. The molecule has 0 unspecified atom stereocenters. The van der Waals surface area contributed by atoms with Crippen LogP contribution >= 0.6 is 11.3 Å². The Labute approximate surface area is 129 Å². The first-order chi connectivity index (χ1) is 10.1. The Hall–Kier alpha value is -0.960. The van der Waals surface area contributed by atoms with Gasteiger partial charge in [-0.15, -0.1) is 11.3 Å². The first-order valence-corrected chi connectivity index (χ1v) is 9.45. The van der Waals surface area contributed by atoms with Crippen molar-refractivity contribution in [2.45, 2.75) is 30.6 Å². The van der Waals surface area contributed by atoms with Crippen LogP contribution in [0.25, 0.3) is 0 Å². The molecule has 1 amide bonds. The van der Waals surface area contributed by atoms with Gasteiger partial charge in [0, 0.05) is 19.6 Å². The molecule has 2 heterocycles. The first kappa shape index (κ1) is 16.4. The number of hydrogen-bond donors (Lipinski definition) is 2. The molecule has 0 atom stereocenters. The predicted octanol–water partition coefficient (Wildman–Crippen LogP) is 1.00. The highest BCUT2D eigenvalue weighted by molar-refractivity contribution is 7.89. The van der Waals surface area contributed by atoms with Crippen LogP contribution in [0.15, 0.2) is 16.3 Å². The fourth-order valence-corrected chi connectivity index (χ4v) is 5.12. The lowest BCUT2D eigenvalue weighted by Crippen LogP contribution is -2.30. The number of nitrogens with one attached hydrogen (secondary N) is 1. The van der Waals surface area contributed by atoms with Gasteiger partial charge in [-0.3, -0.25) is 4.79 Å². The Bertz CT molecular complexity index is 577. The molecule has 8 heteroatoms. The number of rotatable bonds is 7. The van der Waals surface area contributed by atoms with Crippen LogP contribution in [0.4, 0.5) is 0 Å². The average molecular weight is 331 g/mol. The molecule has 0 radical (unpaired) electrons. The smallest absolute Gasteiger partial charge is 0.262 e. The van der Waals surface area contributed by atoms with Gasteiger partial charge in [0.1, 0.15) is 9.77 Å². The lowest BCUT2D eigenvalue weighted by atomic mass is 10.3. The number of thiophene rings is 1. The summed E-state index contributed by atoms with van der Waals surface area (Å²) in [6, 6.07) is 1.52. The maximum atomic E-state index is 12.5. The summed E-state index contributed by atoms with van der Waals surface area (Å²) in [5, 5.41) is 4.41. The quantitative estimate of drug-likeness (QED) is 0.729. The largest absolute Gasteiger partial charge is 0.351 e. The number of carbonyl (C=O) groups excluding carboxylic acids is 1. The van der Waals surface area contributed by atoms with Crippen molar-refractivity contribution in [3.05, 3.63) is 16.3 Å². The number of nitrogens with two attached hydrogens (primary N) is 1. The van der Waals surface area contributed by atoms with E-state index in [1.54, 1.807) is 5.38 Å². The molecule has 21 heavy (non-hydrogen) atoms. The van der Waals surface area contributed by atoms with Gasteiger partial charge in [-0.2, -0.15) is 4.31 Å². The molecule has 6 nitrogen and oxygen atoms in total. The zero-order valence-corrected chi connectivity index (χ0v) is 13.5. The van der Waals surface area contributed by atoms with Crippen LogP contribution in [-0.2, 0) is 10.0 Å². The SMILES string of the molecule is NCCCCNC(=O)c1sccc1S(=O)(=O)N1CCCC1. The van der Waals surface area contributed by atoms with Gasteiger partial charge < -0.3 is 11.1 Å². The van der Waals surface area contributed by atoms with Gasteiger partial charge in [0.05, 0.1) is 0 Å². The predicted molar refractivity (Wildman–Crippen MR) is 82.9 cm³/mol. The van der Waals surface area contributed by atoms with E-state index >= 15 is 0 Å². The number of unbranched alkanes of at least 4 members (excludes halogenated alkanes) is 1. The van der Waals surface area contributed by atoms with Gasteiger partial charge in [-0.1, -0.05) is 0 Å². The lowest BCUT2D eigenvalue weighted by Gasteiger charge is -2.15. The number of sulfonamides is 1. The van der Waals surface area contributed by atoms with E-state index in [0.29, 0.717) is 26.2 Å². The standard InChI is InChI=1S/C13H21N3O3S2/c14-6-1-2-7-15-13(17)12-11(5-10-20-12)21(18,19)16-8-3-4-9-16/h5,10H,1-4,6-9,14H2,(H,15,17). The molecule has 0 aromatic carbocycles. The van der Waals surface area contributed by atoms with Crippen molar-refractivity contribution >= 4 is 27.3 Å². The Morgan fingerprint density at radius 1 is 1.33 bits per heavy atom. The first-order valence-electron chi connectivity index (χ1n) is 7.13. The van der Waals surface area contributed by atoms with E-state index < -0.39 is 10.0 Å². The van der Waals surface area contributed by atoms with E-state index in [1.165, 1.54) is 10.4 Å². The van der Waals surface area contributed by atoms with E-state index in [4.69, 9.17) is 5.73 Å². The minimum absolute atomic E-state index is 0.130. The number of hydrogen-bond acceptors (Lipinski definition) is 5. The molecule has 1 aliphatic rings. The molecule has 0 aliphatic carbocycles. The summed E-state index contributed by atoms with van der Waals surface area (Å²) in [5.74, 6) is -0.320. The van der Waals surface area contributed by atoms with Gasteiger partial charge >= 0.3 is 0 Å². The maximum absolute atomic E-state index is 12.5. The van der Waals surface area contributed by atoms with Gasteiger partial charge in [0.15, 0.2) is 0 Å². The molecule has 1 fully saturated rings. The Kier molecular flexibility index (Phi) is 5.74. The molecule has 0 bridgehead atoms. The van der Waals surface area contributed by atoms with Crippen molar-refractivity contribution in [2.24, 2.45) is 5.73 Å². The molecule has 1 aliphatic heterocycles. The average Bonchev–Trinajstić information content (AvgIpc) is 3.13. The summed E-state index contributed by atoms with van der Waals surface area (Å²) < 4.78 is 26.5. The second-order valence-electron chi connectivity index (χ2n) is 4.98. The van der Waals surface area contributed by atoms with Crippen molar-refractivity contribution in [1.29, 1.82) is 0 Å². The van der Waals surface area contributed by atoms with Gasteiger partial charge in [-0.25, -0.2) is 8.42 Å². The van der Waals surface area contributed by atoms with Crippen LogP contribution in [0, 0.1) is 0 Å². The second kappa shape index (κ2) is 7.35. The molecule has 1 aromatic rings. The van der Waals surface area contributed by atoms with Crippen LogP contribution in [0.1, 0.15) is 35.4 Å². The summed E-state index contributed by atoms with van der Waals surface area (Å²) in [4.78, 5) is 12.5. The van der Waals surface area contributed by atoms with Crippen LogP contribution in [0.5, 0.6) is 0 Å². The van der Waals surface area contributed by atoms with Crippen molar-refractivity contribution in [1.82, 2.24) is 9.62 Å². The highest BCUT2D eigenvalue weighted by Gasteiger charge is 2.31. The Morgan fingerprint density at radius 2 is 2.05 bits per heavy atom. The molecule has 1 saturated heterocycles. The number of carbonyl (C=O) groups is 1. The van der Waals surface area contributed by atoms with Gasteiger partial charge in [0.2, 0.25) is 10.0 Å². The van der Waals surface area contributed by atoms with Gasteiger partial charge in [-0.05, 0) is 43.7 Å². The van der Waals surface area contributed by atoms with Crippen LogP contribution in [-0.4, -0.2) is 44.8 Å².